The van der Waals surface area contributed by atoms with E-state index in [4.69, 9.17) is 19.7 Å². The van der Waals surface area contributed by atoms with Crippen LogP contribution in [0.3, 0.4) is 0 Å². The zero-order valence-corrected chi connectivity index (χ0v) is 21.4. The van der Waals surface area contributed by atoms with E-state index in [0.29, 0.717) is 17.6 Å². The monoisotopic (exact) mass is 514 g/mol. The van der Waals surface area contributed by atoms with E-state index < -0.39 is 0 Å². The van der Waals surface area contributed by atoms with Crippen LogP contribution in [0.4, 0.5) is 0 Å². The van der Waals surface area contributed by atoms with E-state index in [2.05, 4.69) is 47.0 Å². The van der Waals surface area contributed by atoms with E-state index in [1.165, 1.54) is 0 Å². The largest absolute Gasteiger partial charge is 0.456 e. The maximum atomic E-state index is 6.50. The minimum atomic E-state index is 0.555. The molecule has 0 saturated heterocycles. The summed E-state index contributed by atoms with van der Waals surface area (Å²) in [7, 11) is 0. The number of benzene rings is 5. The normalized spacial score (nSPS) is 11.7. The van der Waals surface area contributed by atoms with E-state index in [1.54, 1.807) is 0 Å². The van der Waals surface area contributed by atoms with E-state index in [0.717, 1.165) is 55.9 Å². The van der Waals surface area contributed by atoms with Gasteiger partial charge in [-0.2, -0.15) is 9.97 Å². The lowest BCUT2D eigenvalue weighted by Gasteiger charge is -2.14. The molecule has 0 bridgehead atoms. The summed E-state index contributed by atoms with van der Waals surface area (Å²) in [5.41, 5.74) is 6.98. The fourth-order valence-corrected chi connectivity index (χ4v) is 5.50. The molecular weight excluding hydrogens is 492 g/mol. The number of nitrogens with zero attached hydrogens (tertiary/aromatic N) is 4. The quantitative estimate of drug-likeness (QED) is 0.237. The summed E-state index contributed by atoms with van der Waals surface area (Å²) in [6, 6.07) is 44.9. The lowest BCUT2D eigenvalue weighted by molar-refractivity contribution is 0.487. The van der Waals surface area contributed by atoms with E-state index in [-0.39, 0.29) is 0 Å². The average Bonchev–Trinajstić information content (AvgIpc) is 3.29. The highest BCUT2D eigenvalue weighted by Crippen LogP contribution is 2.51. The van der Waals surface area contributed by atoms with Gasteiger partial charge in [-0.1, -0.05) is 109 Å². The van der Waals surface area contributed by atoms with Crippen LogP contribution in [0, 0.1) is 0 Å². The topological polar surface area (TPSA) is 52.8 Å². The molecule has 0 N–H and O–H groups in total. The second-order valence-electron chi connectivity index (χ2n) is 9.69. The van der Waals surface area contributed by atoms with Gasteiger partial charge in [-0.05, 0) is 24.3 Å². The molecule has 188 valence electrons. The van der Waals surface area contributed by atoms with Crippen LogP contribution in [-0.4, -0.2) is 19.5 Å². The molecule has 0 fully saturated rings. The van der Waals surface area contributed by atoms with Gasteiger partial charge in [0, 0.05) is 33.2 Å². The van der Waals surface area contributed by atoms with Crippen LogP contribution >= 0.6 is 0 Å². The SMILES string of the molecule is c1ccc(-c2nc(-c3ccccc3)nc(-n3c4c(c5ccccc53)-c3ccccc3Oc3ccccc3-4)n2)cc1. The highest BCUT2D eigenvalue weighted by atomic mass is 16.5. The van der Waals surface area contributed by atoms with Crippen LogP contribution in [0.1, 0.15) is 0 Å². The molecular formula is C35H22N4O. The fraction of sp³-hybridized carbons (Fsp3) is 0. The lowest BCUT2D eigenvalue weighted by Crippen LogP contribution is -2.07. The Kier molecular flexibility index (Phi) is 5.07. The number of fused-ring (bicyclic) bond motifs is 7. The highest BCUT2D eigenvalue weighted by Gasteiger charge is 2.29. The molecule has 0 amide bonds. The van der Waals surface area contributed by atoms with E-state index in [9.17, 15) is 0 Å². The molecule has 0 spiro atoms. The zero-order chi connectivity index (χ0) is 26.5. The van der Waals surface area contributed by atoms with Crippen LogP contribution < -0.4 is 4.74 Å². The first-order valence-corrected chi connectivity index (χ1v) is 13.2. The third kappa shape index (κ3) is 3.52. The Morgan fingerprint density at radius 3 is 1.68 bits per heavy atom. The number of hydrogen-bond acceptors (Lipinski definition) is 4. The molecule has 0 atom stereocenters. The summed E-state index contributed by atoms with van der Waals surface area (Å²) >= 11 is 0. The number of rotatable bonds is 3. The first kappa shape index (κ1) is 22.4. The van der Waals surface area contributed by atoms with Crippen molar-refractivity contribution < 1.29 is 4.74 Å². The van der Waals surface area contributed by atoms with Gasteiger partial charge in [0.15, 0.2) is 11.6 Å². The van der Waals surface area contributed by atoms with Gasteiger partial charge >= 0.3 is 0 Å². The summed E-state index contributed by atoms with van der Waals surface area (Å²) in [5.74, 6) is 3.41. The van der Waals surface area contributed by atoms with Gasteiger partial charge in [0.05, 0.1) is 11.2 Å². The number of para-hydroxylation sites is 3. The van der Waals surface area contributed by atoms with Gasteiger partial charge in [0.1, 0.15) is 11.5 Å². The summed E-state index contributed by atoms with van der Waals surface area (Å²) in [6.07, 6.45) is 0. The number of ether oxygens (including phenoxy) is 1. The summed E-state index contributed by atoms with van der Waals surface area (Å²) in [6.45, 7) is 0. The van der Waals surface area contributed by atoms with Crippen LogP contribution in [0.25, 0.3) is 62.0 Å². The Morgan fingerprint density at radius 2 is 1.00 bits per heavy atom. The molecule has 40 heavy (non-hydrogen) atoms. The maximum absolute atomic E-state index is 6.50. The molecule has 5 aromatic carbocycles. The fourth-order valence-electron chi connectivity index (χ4n) is 5.50. The second kappa shape index (κ2) is 9.03. The summed E-state index contributed by atoms with van der Waals surface area (Å²) < 4.78 is 8.66. The Hall–Kier alpha value is -5.55. The molecule has 0 radical (unpaired) electrons. The Bertz CT molecular complexity index is 1970. The van der Waals surface area contributed by atoms with Crippen molar-refractivity contribution in [1.82, 2.24) is 19.5 Å². The third-order valence-corrected chi connectivity index (χ3v) is 7.28. The predicted molar refractivity (Wildman–Crippen MR) is 158 cm³/mol. The summed E-state index contributed by atoms with van der Waals surface area (Å²) in [5, 5.41) is 1.10. The first-order chi connectivity index (χ1) is 19.8. The molecule has 1 aliphatic heterocycles. The maximum Gasteiger partial charge on any atom is 0.238 e. The lowest BCUT2D eigenvalue weighted by atomic mass is 9.98. The van der Waals surface area contributed by atoms with Gasteiger partial charge in [0.25, 0.3) is 0 Å². The molecule has 0 unspecified atom stereocenters. The minimum Gasteiger partial charge on any atom is -0.456 e. The van der Waals surface area contributed by atoms with Crippen molar-refractivity contribution in [2.24, 2.45) is 0 Å². The second-order valence-corrected chi connectivity index (χ2v) is 9.69. The van der Waals surface area contributed by atoms with Gasteiger partial charge in [-0.3, -0.25) is 4.57 Å². The number of aromatic nitrogens is 4. The molecule has 2 aromatic heterocycles. The molecule has 1 aliphatic rings. The smallest absolute Gasteiger partial charge is 0.238 e. The predicted octanol–water partition coefficient (Wildman–Crippen LogP) is 8.59. The van der Waals surface area contributed by atoms with Gasteiger partial charge in [0.2, 0.25) is 5.95 Å². The van der Waals surface area contributed by atoms with Gasteiger partial charge in [-0.15, -0.1) is 0 Å². The minimum absolute atomic E-state index is 0.555. The van der Waals surface area contributed by atoms with Crippen molar-refractivity contribution in [3.8, 4) is 62.6 Å². The van der Waals surface area contributed by atoms with Crippen molar-refractivity contribution in [3.63, 3.8) is 0 Å². The average molecular weight is 515 g/mol. The van der Waals surface area contributed by atoms with Crippen molar-refractivity contribution in [2.45, 2.75) is 0 Å². The van der Waals surface area contributed by atoms with Crippen LogP contribution in [0.2, 0.25) is 0 Å². The zero-order valence-electron chi connectivity index (χ0n) is 21.4. The molecule has 8 rings (SSSR count). The first-order valence-electron chi connectivity index (χ1n) is 13.2. The highest BCUT2D eigenvalue weighted by molar-refractivity contribution is 6.08. The number of hydrogen-bond donors (Lipinski definition) is 0. The molecule has 0 saturated carbocycles. The van der Waals surface area contributed by atoms with Crippen molar-refractivity contribution in [1.29, 1.82) is 0 Å². The van der Waals surface area contributed by atoms with E-state index >= 15 is 0 Å². The Balaban J connectivity index is 1.52. The van der Waals surface area contributed by atoms with Crippen molar-refractivity contribution in [3.05, 3.63) is 133 Å². The Labute approximate surface area is 231 Å². The van der Waals surface area contributed by atoms with Crippen LogP contribution in [-0.2, 0) is 0 Å². The van der Waals surface area contributed by atoms with Crippen molar-refractivity contribution >= 4 is 10.9 Å². The Morgan fingerprint density at radius 1 is 0.475 bits per heavy atom. The molecule has 3 heterocycles. The molecule has 7 aromatic rings. The third-order valence-electron chi connectivity index (χ3n) is 7.28. The van der Waals surface area contributed by atoms with Gasteiger partial charge in [-0.25, -0.2) is 4.98 Å². The summed E-state index contributed by atoms with van der Waals surface area (Å²) in [4.78, 5) is 15.1. The molecule has 5 heteroatoms. The standard InChI is InChI=1S/C35H22N4O/c1-3-13-23(14-4-1)33-36-34(24-15-5-2-6-16-24)38-35(37-33)39-28-20-10-7-17-25(28)31-26-18-8-11-21-29(26)40-30-22-12-9-19-27(30)32(31)39/h1-22H. The van der Waals surface area contributed by atoms with Crippen LogP contribution in [0.15, 0.2) is 133 Å². The van der Waals surface area contributed by atoms with E-state index in [1.807, 2.05) is 91.0 Å². The van der Waals surface area contributed by atoms with Gasteiger partial charge < -0.3 is 4.74 Å². The molecule has 5 nitrogen and oxygen atoms in total. The van der Waals surface area contributed by atoms with Crippen LogP contribution in [0.5, 0.6) is 11.5 Å². The molecule has 0 aliphatic carbocycles. The van der Waals surface area contributed by atoms with Crippen molar-refractivity contribution in [2.75, 3.05) is 0 Å².